The smallest absolute Gasteiger partial charge is 0.160 e. The predicted octanol–water partition coefficient (Wildman–Crippen LogP) is 3.01. The van der Waals surface area contributed by atoms with E-state index >= 15 is 0 Å². The Morgan fingerprint density at radius 3 is 2.90 bits per heavy atom. The molecule has 0 aromatic carbocycles. The van der Waals surface area contributed by atoms with Gasteiger partial charge in [0.2, 0.25) is 0 Å². The lowest BCUT2D eigenvalue weighted by Crippen LogP contribution is -2.39. The number of fused-ring (bicyclic) bond motifs is 1. The molecule has 1 saturated heterocycles. The van der Waals surface area contributed by atoms with Gasteiger partial charge in [-0.1, -0.05) is 6.42 Å². The summed E-state index contributed by atoms with van der Waals surface area (Å²) in [5, 5.41) is 0. The van der Waals surface area contributed by atoms with Crippen LogP contribution in [0.1, 0.15) is 30.8 Å². The summed E-state index contributed by atoms with van der Waals surface area (Å²) in [4.78, 5) is 11.9. The molecular weight excluding hydrogens is 284 g/mol. The lowest BCUT2D eigenvalue weighted by Gasteiger charge is -2.33. The van der Waals surface area contributed by atoms with E-state index in [1.807, 2.05) is 13.0 Å². The maximum atomic E-state index is 5.95. The minimum atomic E-state index is 0.576. The second kappa shape index (κ2) is 6.32. The zero-order valence-corrected chi connectivity index (χ0v) is 13.6. The monoisotopic (exact) mass is 306 g/mol. The molecule has 5 heteroatoms. The second-order valence-electron chi connectivity index (χ2n) is 6.00. The van der Waals surface area contributed by atoms with E-state index in [-0.39, 0.29) is 0 Å². The number of nitrogens with zero attached hydrogens (tertiary/aromatic N) is 4. The van der Waals surface area contributed by atoms with Crippen LogP contribution in [0.2, 0.25) is 0 Å². The first kappa shape index (κ1) is 14.8. The highest BCUT2D eigenvalue weighted by molar-refractivity contribution is 6.17. The molecule has 0 aliphatic carbocycles. The van der Waals surface area contributed by atoms with Gasteiger partial charge in [0, 0.05) is 30.6 Å². The molecule has 21 heavy (non-hydrogen) atoms. The van der Waals surface area contributed by atoms with E-state index in [2.05, 4.69) is 22.6 Å². The van der Waals surface area contributed by atoms with Gasteiger partial charge in [0.1, 0.15) is 11.3 Å². The fourth-order valence-corrected chi connectivity index (χ4v) is 3.36. The van der Waals surface area contributed by atoms with Gasteiger partial charge in [0.25, 0.3) is 0 Å². The molecule has 3 rings (SSSR count). The van der Waals surface area contributed by atoms with E-state index in [4.69, 9.17) is 21.6 Å². The maximum absolute atomic E-state index is 5.95. The number of aromatic nitrogens is 3. The number of halogens is 1. The Bertz CT molecular complexity index is 622. The van der Waals surface area contributed by atoms with Gasteiger partial charge < -0.3 is 9.47 Å². The summed E-state index contributed by atoms with van der Waals surface area (Å²) in [5.41, 5.74) is 3.03. The molecule has 2 aromatic heterocycles. The van der Waals surface area contributed by atoms with Crippen LogP contribution in [0.4, 0.5) is 0 Å². The first-order valence-electron chi connectivity index (χ1n) is 7.78. The number of likely N-dealkylation sites (N-methyl/N-ethyl adjacent to an activating group) is 1. The van der Waals surface area contributed by atoms with Crippen LogP contribution in [0, 0.1) is 6.92 Å². The van der Waals surface area contributed by atoms with Crippen LogP contribution in [0.25, 0.3) is 11.2 Å². The van der Waals surface area contributed by atoms with Crippen molar-refractivity contribution in [2.75, 3.05) is 19.5 Å². The normalized spacial score (nSPS) is 20.2. The lowest BCUT2D eigenvalue weighted by atomic mass is 10.0. The molecule has 2 aromatic rings. The summed E-state index contributed by atoms with van der Waals surface area (Å²) in [6.07, 6.45) is 4.68. The van der Waals surface area contributed by atoms with Crippen molar-refractivity contribution in [1.29, 1.82) is 0 Å². The summed E-state index contributed by atoms with van der Waals surface area (Å²) < 4.78 is 2.29. The van der Waals surface area contributed by atoms with Gasteiger partial charge in [-0.3, -0.25) is 0 Å². The topological polar surface area (TPSA) is 34.0 Å². The number of hydrogen-bond donors (Lipinski definition) is 0. The Labute approximate surface area is 131 Å². The molecule has 0 N–H and O–H groups in total. The molecule has 0 bridgehead atoms. The molecule has 1 aliphatic rings. The average Bonchev–Trinajstić information content (AvgIpc) is 2.79. The van der Waals surface area contributed by atoms with Crippen LogP contribution >= 0.6 is 11.6 Å². The number of alkyl halides is 1. The van der Waals surface area contributed by atoms with Crippen molar-refractivity contribution in [2.24, 2.45) is 0 Å². The standard InChI is InChI=1S/C16H23ClN4/c1-12-6-7-14-16(18-12)21(15(19-14)8-9-17)11-13-5-3-4-10-20(13)2/h6-7,13H,3-5,8-11H2,1-2H3. The first-order valence-corrected chi connectivity index (χ1v) is 8.31. The molecule has 1 aliphatic heterocycles. The lowest BCUT2D eigenvalue weighted by molar-refractivity contribution is 0.167. The van der Waals surface area contributed by atoms with Crippen LogP contribution in [-0.4, -0.2) is 44.9 Å². The van der Waals surface area contributed by atoms with Crippen LogP contribution in [0.5, 0.6) is 0 Å². The quantitative estimate of drug-likeness (QED) is 0.814. The Hall–Kier alpha value is -1.13. The Kier molecular flexibility index (Phi) is 4.45. The fraction of sp³-hybridized carbons (Fsp3) is 0.625. The zero-order chi connectivity index (χ0) is 14.8. The minimum absolute atomic E-state index is 0.576. The third-order valence-corrected chi connectivity index (χ3v) is 4.63. The molecule has 0 radical (unpaired) electrons. The van der Waals surface area contributed by atoms with Crippen molar-refractivity contribution in [3.05, 3.63) is 23.7 Å². The van der Waals surface area contributed by atoms with Crippen molar-refractivity contribution >= 4 is 22.8 Å². The van der Waals surface area contributed by atoms with Gasteiger partial charge in [-0.15, -0.1) is 11.6 Å². The average molecular weight is 307 g/mol. The van der Waals surface area contributed by atoms with E-state index in [1.54, 1.807) is 0 Å². The summed E-state index contributed by atoms with van der Waals surface area (Å²) in [7, 11) is 2.23. The molecule has 114 valence electrons. The van der Waals surface area contributed by atoms with Gasteiger partial charge in [-0.2, -0.15) is 0 Å². The largest absolute Gasteiger partial charge is 0.311 e. The Morgan fingerprint density at radius 1 is 1.29 bits per heavy atom. The Morgan fingerprint density at radius 2 is 2.14 bits per heavy atom. The summed E-state index contributed by atoms with van der Waals surface area (Å²) >= 11 is 5.95. The number of likely N-dealkylation sites (tertiary alicyclic amines) is 1. The van der Waals surface area contributed by atoms with E-state index in [0.29, 0.717) is 11.9 Å². The number of piperidine rings is 1. The van der Waals surface area contributed by atoms with E-state index in [0.717, 1.165) is 35.6 Å². The van der Waals surface area contributed by atoms with E-state index < -0.39 is 0 Å². The summed E-state index contributed by atoms with van der Waals surface area (Å²) in [6.45, 7) is 4.19. The minimum Gasteiger partial charge on any atom is -0.311 e. The highest BCUT2D eigenvalue weighted by Crippen LogP contribution is 2.21. The van der Waals surface area contributed by atoms with Crippen molar-refractivity contribution in [3.8, 4) is 0 Å². The van der Waals surface area contributed by atoms with Crippen LogP contribution < -0.4 is 0 Å². The number of imidazole rings is 1. The molecule has 4 nitrogen and oxygen atoms in total. The SMILES string of the molecule is Cc1ccc2nc(CCCl)n(CC3CCCCN3C)c2n1. The van der Waals surface area contributed by atoms with Crippen molar-refractivity contribution in [3.63, 3.8) is 0 Å². The molecule has 1 fully saturated rings. The molecule has 0 amide bonds. The first-order chi connectivity index (χ1) is 10.2. The van der Waals surface area contributed by atoms with Gasteiger partial charge in [0.15, 0.2) is 5.65 Å². The molecule has 1 unspecified atom stereocenters. The van der Waals surface area contributed by atoms with Crippen molar-refractivity contribution in [2.45, 2.75) is 45.2 Å². The van der Waals surface area contributed by atoms with Gasteiger partial charge in [-0.25, -0.2) is 9.97 Å². The molecular formula is C16H23ClN4. The highest BCUT2D eigenvalue weighted by Gasteiger charge is 2.22. The highest BCUT2D eigenvalue weighted by atomic mass is 35.5. The fourth-order valence-electron chi connectivity index (χ4n) is 3.20. The van der Waals surface area contributed by atoms with Gasteiger partial charge in [0.05, 0.1) is 0 Å². The predicted molar refractivity (Wildman–Crippen MR) is 87.0 cm³/mol. The van der Waals surface area contributed by atoms with Crippen molar-refractivity contribution in [1.82, 2.24) is 19.4 Å². The third-order valence-electron chi connectivity index (χ3n) is 4.44. The number of hydrogen-bond acceptors (Lipinski definition) is 3. The number of pyridine rings is 1. The number of rotatable bonds is 4. The third kappa shape index (κ3) is 3.06. The van der Waals surface area contributed by atoms with Crippen LogP contribution in [0.15, 0.2) is 12.1 Å². The van der Waals surface area contributed by atoms with Crippen molar-refractivity contribution < 1.29 is 0 Å². The van der Waals surface area contributed by atoms with E-state index in [9.17, 15) is 0 Å². The zero-order valence-electron chi connectivity index (χ0n) is 12.8. The number of aryl methyl sites for hydroxylation is 2. The molecule has 0 saturated carbocycles. The van der Waals surface area contributed by atoms with Gasteiger partial charge >= 0.3 is 0 Å². The molecule has 0 spiro atoms. The second-order valence-corrected chi connectivity index (χ2v) is 6.38. The van der Waals surface area contributed by atoms with Crippen LogP contribution in [0.3, 0.4) is 0 Å². The van der Waals surface area contributed by atoms with Gasteiger partial charge in [-0.05, 0) is 45.5 Å². The van der Waals surface area contributed by atoms with Crippen LogP contribution in [-0.2, 0) is 13.0 Å². The Balaban J connectivity index is 1.97. The summed E-state index contributed by atoms with van der Waals surface area (Å²) in [5.74, 6) is 1.67. The molecule has 1 atom stereocenters. The maximum Gasteiger partial charge on any atom is 0.160 e. The summed E-state index contributed by atoms with van der Waals surface area (Å²) in [6, 6.07) is 4.67. The molecule has 3 heterocycles. The van der Waals surface area contributed by atoms with E-state index in [1.165, 1.54) is 25.8 Å².